The molecule has 39 heavy (non-hydrogen) atoms. The molecule has 7 rings (SSSR count). The van der Waals surface area contributed by atoms with E-state index in [1.165, 1.54) is 49.8 Å². The van der Waals surface area contributed by atoms with Crippen LogP contribution < -0.4 is 9.47 Å². The highest BCUT2D eigenvalue weighted by Crippen LogP contribution is 2.39. The van der Waals surface area contributed by atoms with Gasteiger partial charge in [0, 0.05) is 53.9 Å². The van der Waals surface area contributed by atoms with Crippen molar-refractivity contribution >= 4 is 21.8 Å². The summed E-state index contributed by atoms with van der Waals surface area (Å²) in [6.45, 7) is 4.51. The predicted molar refractivity (Wildman–Crippen MR) is 153 cm³/mol. The zero-order valence-corrected chi connectivity index (χ0v) is 23.1. The Morgan fingerprint density at radius 1 is 1.00 bits per heavy atom. The second kappa shape index (κ2) is 10.1. The van der Waals surface area contributed by atoms with Gasteiger partial charge < -0.3 is 14.0 Å². The molecule has 0 saturated heterocycles. The highest BCUT2D eigenvalue weighted by molar-refractivity contribution is 5.88. The molecule has 6 heteroatoms. The number of halogens is 1. The van der Waals surface area contributed by atoms with Gasteiger partial charge in [-0.1, -0.05) is 19.3 Å². The summed E-state index contributed by atoms with van der Waals surface area (Å²) in [5, 5.41) is 2.12. The molecule has 1 saturated carbocycles. The number of hydrogen-bond donors (Lipinski definition) is 0. The van der Waals surface area contributed by atoms with Gasteiger partial charge in [0.2, 0.25) is 0 Å². The van der Waals surface area contributed by atoms with Crippen LogP contribution in [0.25, 0.3) is 21.8 Å². The Kier molecular flexibility index (Phi) is 6.46. The molecule has 0 N–H and O–H groups in total. The summed E-state index contributed by atoms with van der Waals surface area (Å²) in [4.78, 5) is 7.41. The van der Waals surface area contributed by atoms with Gasteiger partial charge in [-0.15, -0.1) is 0 Å². The molecule has 1 aliphatic heterocycles. The van der Waals surface area contributed by atoms with Gasteiger partial charge in [0.25, 0.3) is 0 Å². The number of ether oxygens (including phenoxy) is 2. The molecule has 1 unspecified atom stereocenters. The SMILES string of the molecule is Cc1ccc2c3c(ccc2n1)OC[C@H](CN(CC1CCc2c(c4cc(F)ccc4n2C)C1)C1CCCCC1)O3. The molecule has 3 aliphatic rings. The maximum atomic E-state index is 14.2. The number of nitrogens with zero attached hydrogens (tertiary/aromatic N) is 3. The largest absolute Gasteiger partial charge is 0.486 e. The molecular formula is C33H38FN3O2. The fourth-order valence-corrected chi connectivity index (χ4v) is 7.36. The summed E-state index contributed by atoms with van der Waals surface area (Å²) in [5.74, 6) is 2.06. The van der Waals surface area contributed by atoms with Gasteiger partial charge >= 0.3 is 0 Å². The van der Waals surface area contributed by atoms with Gasteiger partial charge in [0.05, 0.1) is 5.52 Å². The Labute approximate surface area is 229 Å². The third-order valence-electron chi connectivity index (χ3n) is 9.34. The highest BCUT2D eigenvalue weighted by Gasteiger charge is 2.32. The minimum absolute atomic E-state index is 0.0165. The zero-order valence-electron chi connectivity index (χ0n) is 23.1. The van der Waals surface area contributed by atoms with Crippen molar-refractivity contribution in [2.75, 3.05) is 19.7 Å². The van der Waals surface area contributed by atoms with E-state index < -0.39 is 0 Å². The standard InChI is InChI=1S/C33H38FN3O2/c1-21-8-11-26-29(35-21)12-15-32-33(26)39-25(20-38-32)19-37(24-6-4-3-5-7-24)18-22-9-13-30-27(16-22)28-17-23(34)10-14-31(28)36(30)2/h8,10-12,14-15,17,22,24-25H,3-7,9,13,16,18-20H2,1-2H3/t22?,25-/m0/s1. The van der Waals surface area contributed by atoms with Crippen LogP contribution in [-0.2, 0) is 19.9 Å². The minimum Gasteiger partial charge on any atom is -0.486 e. The van der Waals surface area contributed by atoms with Gasteiger partial charge in [-0.2, -0.15) is 0 Å². The molecule has 5 nitrogen and oxygen atoms in total. The molecule has 0 spiro atoms. The Morgan fingerprint density at radius 2 is 1.87 bits per heavy atom. The Hall–Kier alpha value is -3.12. The quantitative estimate of drug-likeness (QED) is 0.288. The maximum Gasteiger partial charge on any atom is 0.171 e. The van der Waals surface area contributed by atoms with Crippen LogP contribution in [0.2, 0.25) is 0 Å². The fourth-order valence-electron chi connectivity index (χ4n) is 7.36. The number of aromatic nitrogens is 2. The highest BCUT2D eigenvalue weighted by atomic mass is 19.1. The summed E-state index contributed by atoms with van der Waals surface area (Å²) >= 11 is 0. The second-order valence-electron chi connectivity index (χ2n) is 12.0. The lowest BCUT2D eigenvalue weighted by Crippen LogP contribution is -2.48. The Morgan fingerprint density at radius 3 is 2.74 bits per heavy atom. The van der Waals surface area contributed by atoms with Crippen molar-refractivity contribution in [3.63, 3.8) is 0 Å². The molecule has 4 aromatic rings. The molecular weight excluding hydrogens is 489 g/mol. The molecule has 2 atom stereocenters. The number of fused-ring (bicyclic) bond motifs is 6. The number of rotatable bonds is 5. The monoisotopic (exact) mass is 527 g/mol. The van der Waals surface area contributed by atoms with Crippen LogP contribution in [-0.4, -0.2) is 46.3 Å². The number of aryl methyl sites for hydroxylation is 2. The van der Waals surface area contributed by atoms with Crippen LogP contribution >= 0.6 is 0 Å². The molecule has 0 radical (unpaired) electrons. The first-order valence-electron chi connectivity index (χ1n) is 14.7. The molecule has 204 valence electrons. The van der Waals surface area contributed by atoms with E-state index >= 15 is 0 Å². The van der Waals surface area contributed by atoms with Crippen LogP contribution in [0.1, 0.15) is 55.5 Å². The first-order chi connectivity index (χ1) is 19.0. The maximum absolute atomic E-state index is 14.2. The minimum atomic E-state index is -0.144. The van der Waals surface area contributed by atoms with E-state index in [-0.39, 0.29) is 11.9 Å². The lowest BCUT2D eigenvalue weighted by molar-refractivity contribution is 0.0313. The van der Waals surface area contributed by atoms with Crippen molar-refractivity contribution in [2.45, 2.75) is 70.4 Å². The van der Waals surface area contributed by atoms with Gasteiger partial charge in [-0.05, 0) is 93.0 Å². The number of pyridine rings is 1. The summed E-state index contributed by atoms with van der Waals surface area (Å²) < 4.78 is 29.4. The van der Waals surface area contributed by atoms with Gasteiger partial charge in [0.15, 0.2) is 11.5 Å². The van der Waals surface area contributed by atoms with Gasteiger partial charge in [-0.25, -0.2) is 4.39 Å². The van der Waals surface area contributed by atoms with E-state index in [0.29, 0.717) is 18.6 Å². The topological polar surface area (TPSA) is 39.5 Å². The summed E-state index contributed by atoms with van der Waals surface area (Å²) in [7, 11) is 2.13. The molecule has 2 aromatic carbocycles. The second-order valence-corrected chi connectivity index (χ2v) is 12.0. The van der Waals surface area contributed by atoms with E-state index in [2.05, 4.69) is 22.6 Å². The molecule has 0 amide bonds. The van der Waals surface area contributed by atoms with Gasteiger partial charge in [-0.3, -0.25) is 9.88 Å². The van der Waals surface area contributed by atoms with Crippen LogP contribution in [0.4, 0.5) is 4.39 Å². The molecule has 1 fully saturated rings. The van der Waals surface area contributed by atoms with E-state index in [4.69, 9.17) is 14.5 Å². The fraction of sp³-hybridized carbons (Fsp3) is 0.485. The number of hydrogen-bond acceptors (Lipinski definition) is 4. The Balaban J connectivity index is 1.13. The van der Waals surface area contributed by atoms with Gasteiger partial charge in [0.1, 0.15) is 18.5 Å². The average Bonchev–Trinajstić information content (AvgIpc) is 3.23. The van der Waals surface area contributed by atoms with Crippen LogP contribution in [0.5, 0.6) is 11.5 Å². The number of benzene rings is 2. The summed E-state index contributed by atoms with van der Waals surface area (Å²) in [6, 6.07) is 14.0. The van der Waals surface area contributed by atoms with E-state index in [1.54, 1.807) is 12.1 Å². The normalized spacial score (nSPS) is 21.5. The van der Waals surface area contributed by atoms with Crippen LogP contribution in [0.3, 0.4) is 0 Å². The van der Waals surface area contributed by atoms with E-state index in [1.807, 2.05) is 31.2 Å². The van der Waals surface area contributed by atoms with E-state index in [9.17, 15) is 4.39 Å². The van der Waals surface area contributed by atoms with Crippen LogP contribution in [0, 0.1) is 18.7 Å². The summed E-state index contributed by atoms with van der Waals surface area (Å²) in [6.07, 6.45) is 9.69. The van der Waals surface area contributed by atoms with Crippen molar-refractivity contribution < 1.29 is 13.9 Å². The van der Waals surface area contributed by atoms with Crippen molar-refractivity contribution in [3.8, 4) is 11.5 Å². The molecule has 0 bridgehead atoms. The van der Waals surface area contributed by atoms with Crippen molar-refractivity contribution in [2.24, 2.45) is 13.0 Å². The summed E-state index contributed by atoms with van der Waals surface area (Å²) in [5.41, 5.74) is 5.84. The molecule has 2 aromatic heterocycles. The first-order valence-corrected chi connectivity index (χ1v) is 14.7. The van der Waals surface area contributed by atoms with E-state index in [0.717, 1.165) is 64.9 Å². The van der Waals surface area contributed by atoms with Crippen molar-refractivity contribution in [1.82, 2.24) is 14.5 Å². The lowest BCUT2D eigenvalue weighted by Gasteiger charge is -2.40. The third kappa shape index (κ3) is 4.67. The van der Waals surface area contributed by atoms with Crippen molar-refractivity contribution in [3.05, 3.63) is 65.2 Å². The smallest absolute Gasteiger partial charge is 0.171 e. The Bertz CT molecular complexity index is 1520. The van der Waals surface area contributed by atoms with Crippen LogP contribution in [0.15, 0.2) is 42.5 Å². The lowest BCUT2D eigenvalue weighted by atomic mass is 9.85. The molecule has 2 aliphatic carbocycles. The average molecular weight is 528 g/mol. The predicted octanol–water partition coefficient (Wildman–Crippen LogP) is 6.75. The first kappa shape index (κ1) is 24.9. The zero-order chi connectivity index (χ0) is 26.5. The third-order valence-corrected chi connectivity index (χ3v) is 9.34. The van der Waals surface area contributed by atoms with Crippen molar-refractivity contribution in [1.29, 1.82) is 0 Å². The molecule has 3 heterocycles.